The summed E-state index contributed by atoms with van der Waals surface area (Å²) in [5, 5.41) is 0. The van der Waals surface area contributed by atoms with E-state index in [1.807, 2.05) is 6.55 Å². The second kappa shape index (κ2) is 12.7. The molecule has 0 bridgehead atoms. The van der Waals surface area contributed by atoms with Crippen molar-refractivity contribution in [2.24, 2.45) is 5.92 Å². The molecule has 1 atom stereocenters. The molecule has 0 aromatic carbocycles. The van der Waals surface area contributed by atoms with Crippen LogP contribution in [0.2, 0.25) is 6.55 Å². The molecule has 1 radical (unpaired) electrons. The van der Waals surface area contributed by atoms with E-state index in [9.17, 15) is 0 Å². The predicted octanol–water partition coefficient (Wildman–Crippen LogP) is 4.51. The van der Waals surface area contributed by atoms with Gasteiger partial charge in [0.05, 0.1) is 0 Å². The minimum atomic E-state index is 0. The van der Waals surface area contributed by atoms with Crippen LogP contribution in [0.25, 0.3) is 0 Å². The van der Waals surface area contributed by atoms with E-state index in [1.54, 1.807) is 0 Å². The van der Waals surface area contributed by atoms with Gasteiger partial charge >= 0.3 is 21.7 Å². The van der Waals surface area contributed by atoms with Crippen LogP contribution in [0.4, 0.5) is 0 Å². The van der Waals surface area contributed by atoms with Crippen molar-refractivity contribution in [3.05, 3.63) is 28.7 Å². The molecule has 1 aliphatic carbocycles. The van der Waals surface area contributed by atoms with Crippen molar-refractivity contribution in [3.63, 3.8) is 0 Å². The number of rotatable bonds is 0. The monoisotopic (exact) mass is 283 g/mol. The summed E-state index contributed by atoms with van der Waals surface area (Å²) in [6.07, 6.45) is 6.87. The zero-order valence-electron chi connectivity index (χ0n) is 12.8. The normalized spacial score (nSPS) is 17.2. The molecule has 0 amide bonds. The summed E-state index contributed by atoms with van der Waals surface area (Å²) in [4.78, 5) is 0. The Bertz CT molecular complexity index is 259. The van der Waals surface area contributed by atoms with E-state index in [1.165, 1.54) is 22.6 Å². The Balaban J connectivity index is -0.000000210. The summed E-state index contributed by atoms with van der Waals surface area (Å²) >= 11 is 0. The van der Waals surface area contributed by atoms with Gasteiger partial charge in [0.2, 0.25) is 0 Å². The zero-order valence-corrected chi connectivity index (χ0v) is 15.3. The topological polar surface area (TPSA) is 0 Å². The fraction of sp³-hybridized carbons (Fsp3) is 0.600. The Labute approximate surface area is 126 Å². The van der Waals surface area contributed by atoms with Crippen LogP contribution in [0.1, 0.15) is 48.5 Å². The molecule has 0 aromatic rings. The van der Waals surface area contributed by atoms with E-state index in [4.69, 9.17) is 0 Å². The van der Waals surface area contributed by atoms with Crippen molar-refractivity contribution in [2.75, 3.05) is 0 Å². The summed E-state index contributed by atoms with van der Waals surface area (Å²) in [5.41, 5.74) is 4.25. The van der Waals surface area contributed by atoms with Crippen LogP contribution < -0.4 is 0 Å². The number of hydrogen-bond donors (Lipinski definition) is 0. The molecule has 17 heavy (non-hydrogen) atoms. The molecule has 1 unspecified atom stereocenters. The first kappa shape index (κ1) is 22.5. The van der Waals surface area contributed by atoms with E-state index in [2.05, 4.69) is 60.7 Å². The minimum Gasteiger partial charge on any atom is -0.323 e. The molecule has 0 aromatic heterocycles. The molecule has 0 saturated heterocycles. The van der Waals surface area contributed by atoms with Crippen molar-refractivity contribution in [1.29, 1.82) is 0 Å². The minimum absolute atomic E-state index is 0. The van der Waals surface area contributed by atoms with Gasteiger partial charge in [-0.25, -0.2) is 5.57 Å². The molecule has 0 spiro atoms. The van der Waals surface area contributed by atoms with E-state index < -0.39 is 0 Å². The molecule has 0 N–H and O–H groups in total. The molecule has 0 fully saturated rings. The fourth-order valence-electron chi connectivity index (χ4n) is 1.16. The van der Waals surface area contributed by atoms with Crippen molar-refractivity contribution in [1.82, 2.24) is 0 Å². The Morgan fingerprint density at radius 3 is 1.53 bits per heavy atom. The quantitative estimate of drug-likeness (QED) is 0.453. The number of allylic oxidation sites excluding steroid dienone is 4. The SMILES string of the molecule is C=[Si]C.CC1=[C-]C(C)C(C)=C1C.C[C-](C)C.[Ti+2]. The van der Waals surface area contributed by atoms with Crippen molar-refractivity contribution in [3.8, 4) is 0 Å². The first-order valence-electron chi connectivity index (χ1n) is 5.76. The van der Waals surface area contributed by atoms with Gasteiger partial charge in [-0.1, -0.05) is 33.2 Å². The van der Waals surface area contributed by atoms with E-state index in [-0.39, 0.29) is 21.7 Å². The van der Waals surface area contributed by atoms with Gasteiger partial charge in [0.15, 0.2) is 0 Å². The van der Waals surface area contributed by atoms with Gasteiger partial charge in [0, 0.05) is 9.13 Å². The third-order valence-electron chi connectivity index (χ3n) is 2.24. The average molecular weight is 283 g/mol. The second-order valence-corrected chi connectivity index (χ2v) is 5.36. The molecule has 1 aliphatic rings. The van der Waals surface area contributed by atoms with Gasteiger partial charge in [0.1, 0.15) is 0 Å². The van der Waals surface area contributed by atoms with Crippen LogP contribution in [0.3, 0.4) is 0 Å². The molecule has 95 valence electrons. The summed E-state index contributed by atoms with van der Waals surface area (Å²) in [6.45, 7) is 17.0. The molecule has 1 rings (SSSR count). The molecule has 0 heterocycles. The van der Waals surface area contributed by atoms with E-state index >= 15 is 0 Å². The Kier molecular flexibility index (Phi) is 16.8. The molecule has 0 saturated carbocycles. The molecule has 2 heteroatoms. The third-order valence-corrected chi connectivity index (χ3v) is 2.24. The van der Waals surface area contributed by atoms with Gasteiger partial charge < -0.3 is 5.92 Å². The first-order chi connectivity index (χ1) is 7.27. The first-order valence-corrected chi connectivity index (χ1v) is 7.47. The maximum atomic E-state index is 3.51. The van der Waals surface area contributed by atoms with Crippen LogP contribution in [0.15, 0.2) is 16.7 Å². The smallest absolute Gasteiger partial charge is 0.323 e. The summed E-state index contributed by atoms with van der Waals surface area (Å²) < 4.78 is 0. The Morgan fingerprint density at radius 1 is 1.18 bits per heavy atom. The van der Waals surface area contributed by atoms with Gasteiger partial charge in [-0.3, -0.25) is 6.08 Å². The van der Waals surface area contributed by atoms with Crippen LogP contribution >= 0.6 is 0 Å². The second-order valence-electron chi connectivity index (χ2n) is 4.65. The van der Waals surface area contributed by atoms with Crippen LogP contribution in [-0.4, -0.2) is 15.3 Å². The van der Waals surface area contributed by atoms with Gasteiger partial charge in [-0.05, 0) is 0 Å². The van der Waals surface area contributed by atoms with Crippen molar-refractivity contribution >= 4 is 15.3 Å². The fourth-order valence-corrected chi connectivity index (χ4v) is 1.16. The summed E-state index contributed by atoms with van der Waals surface area (Å²) in [7, 11) is 0.833. The number of hydrogen-bond acceptors (Lipinski definition) is 0. The molecule has 0 aliphatic heterocycles. The standard InChI is InChI=1S/C9H13.C4H9.C2H5Si.Ti/c1-6-5-7(2)9(4)8(6)3;1-4(2)3;1-3-2;/h6H,1-4H3;1-3H3;1H2,2H3;/q2*-1;;+2. The van der Waals surface area contributed by atoms with E-state index in [0.29, 0.717) is 5.92 Å². The summed E-state index contributed by atoms with van der Waals surface area (Å²) in [5.74, 6) is 1.98. The molecular weight excluding hydrogens is 256 g/mol. The zero-order chi connectivity index (χ0) is 13.3. The van der Waals surface area contributed by atoms with Gasteiger partial charge in [-0.2, -0.15) is 31.9 Å². The summed E-state index contributed by atoms with van der Waals surface area (Å²) in [6, 6.07) is 0. The Hall–Kier alpha value is 0.281. The van der Waals surface area contributed by atoms with Crippen LogP contribution in [0, 0.1) is 17.9 Å². The van der Waals surface area contributed by atoms with Crippen molar-refractivity contribution in [2.45, 2.75) is 55.0 Å². The predicted molar refractivity (Wildman–Crippen MR) is 79.0 cm³/mol. The molecular formula is C15H27SiTi. The Morgan fingerprint density at radius 2 is 1.47 bits per heavy atom. The average Bonchev–Trinajstić information content (AvgIpc) is 2.34. The van der Waals surface area contributed by atoms with Crippen LogP contribution in [-0.2, 0) is 21.7 Å². The van der Waals surface area contributed by atoms with Crippen LogP contribution in [0.5, 0.6) is 0 Å². The third kappa shape index (κ3) is 12.5. The van der Waals surface area contributed by atoms with E-state index in [0.717, 1.165) is 9.13 Å². The maximum Gasteiger partial charge on any atom is 2.00 e. The largest absolute Gasteiger partial charge is 2.00 e. The molecule has 0 nitrogen and oxygen atoms in total. The van der Waals surface area contributed by atoms with Gasteiger partial charge in [-0.15, -0.1) is 13.1 Å². The maximum absolute atomic E-state index is 3.51. The van der Waals surface area contributed by atoms with Gasteiger partial charge in [0.25, 0.3) is 0 Å². The van der Waals surface area contributed by atoms with Crippen molar-refractivity contribution < 1.29 is 21.7 Å².